The topological polar surface area (TPSA) is 27.3 Å². The SMILES string of the molecule is CN(C)[C@@H](CNC(=S)Nc1ccccc1F)c1ccccc1. The molecular formula is C17H20FN3S. The lowest BCUT2D eigenvalue weighted by molar-refractivity contribution is 0.299. The van der Waals surface area contributed by atoms with Gasteiger partial charge in [0.05, 0.1) is 11.7 Å². The lowest BCUT2D eigenvalue weighted by Gasteiger charge is -2.25. The van der Waals surface area contributed by atoms with Gasteiger partial charge in [-0.15, -0.1) is 0 Å². The molecule has 22 heavy (non-hydrogen) atoms. The van der Waals surface area contributed by atoms with Crippen LogP contribution in [0.1, 0.15) is 11.6 Å². The molecular weight excluding hydrogens is 297 g/mol. The van der Waals surface area contributed by atoms with Crippen LogP contribution in [0, 0.1) is 5.82 Å². The lowest BCUT2D eigenvalue weighted by Crippen LogP contribution is -2.36. The fraction of sp³-hybridized carbons (Fsp3) is 0.235. The van der Waals surface area contributed by atoms with Gasteiger partial charge in [-0.3, -0.25) is 0 Å². The number of hydrogen-bond acceptors (Lipinski definition) is 2. The number of nitrogens with zero attached hydrogens (tertiary/aromatic N) is 1. The number of likely N-dealkylation sites (N-methyl/N-ethyl adjacent to an activating group) is 1. The van der Waals surface area contributed by atoms with Gasteiger partial charge in [-0.05, 0) is 44.0 Å². The first-order valence-electron chi connectivity index (χ1n) is 7.08. The molecule has 0 aliphatic heterocycles. The predicted octanol–water partition coefficient (Wildman–Crippen LogP) is 3.42. The first-order chi connectivity index (χ1) is 10.6. The summed E-state index contributed by atoms with van der Waals surface area (Å²) in [5.41, 5.74) is 1.58. The number of nitrogens with one attached hydrogen (secondary N) is 2. The van der Waals surface area contributed by atoms with E-state index in [9.17, 15) is 4.39 Å². The second-order valence-electron chi connectivity index (χ2n) is 5.20. The van der Waals surface area contributed by atoms with Gasteiger partial charge in [0.25, 0.3) is 0 Å². The van der Waals surface area contributed by atoms with Crippen LogP contribution in [0.4, 0.5) is 10.1 Å². The number of rotatable bonds is 5. The van der Waals surface area contributed by atoms with Gasteiger partial charge in [0.2, 0.25) is 0 Å². The van der Waals surface area contributed by atoms with Crippen molar-refractivity contribution in [3.63, 3.8) is 0 Å². The number of para-hydroxylation sites is 1. The van der Waals surface area contributed by atoms with Gasteiger partial charge in [0.1, 0.15) is 5.82 Å². The zero-order valence-corrected chi connectivity index (χ0v) is 13.5. The van der Waals surface area contributed by atoms with Gasteiger partial charge in [-0.2, -0.15) is 0 Å². The smallest absolute Gasteiger partial charge is 0.170 e. The van der Waals surface area contributed by atoms with E-state index in [0.29, 0.717) is 17.3 Å². The van der Waals surface area contributed by atoms with Crippen LogP contribution < -0.4 is 10.6 Å². The predicted molar refractivity (Wildman–Crippen MR) is 93.5 cm³/mol. The summed E-state index contributed by atoms with van der Waals surface area (Å²) < 4.78 is 13.6. The molecule has 2 N–H and O–H groups in total. The summed E-state index contributed by atoms with van der Waals surface area (Å²) in [5, 5.41) is 6.44. The highest BCUT2D eigenvalue weighted by Gasteiger charge is 2.14. The molecule has 0 amide bonds. The highest BCUT2D eigenvalue weighted by atomic mass is 32.1. The van der Waals surface area contributed by atoms with Crippen LogP contribution in [0.3, 0.4) is 0 Å². The average Bonchev–Trinajstić information content (AvgIpc) is 2.50. The molecule has 0 aliphatic rings. The third kappa shape index (κ3) is 4.51. The molecule has 3 nitrogen and oxygen atoms in total. The van der Waals surface area contributed by atoms with E-state index < -0.39 is 0 Å². The Morgan fingerprint density at radius 1 is 1.09 bits per heavy atom. The van der Waals surface area contributed by atoms with Crippen molar-refractivity contribution in [1.82, 2.24) is 10.2 Å². The van der Waals surface area contributed by atoms with Crippen LogP contribution in [0.25, 0.3) is 0 Å². The molecule has 2 aromatic rings. The second kappa shape index (κ2) is 7.87. The van der Waals surface area contributed by atoms with Crippen molar-refractivity contribution in [3.05, 3.63) is 66.0 Å². The van der Waals surface area contributed by atoms with Gasteiger partial charge in [0.15, 0.2) is 5.11 Å². The number of anilines is 1. The van der Waals surface area contributed by atoms with Gasteiger partial charge in [-0.1, -0.05) is 42.5 Å². The van der Waals surface area contributed by atoms with Crippen molar-refractivity contribution in [2.75, 3.05) is 26.0 Å². The maximum atomic E-state index is 13.6. The summed E-state index contributed by atoms with van der Waals surface area (Å²) in [6, 6.07) is 16.8. The Kier molecular flexibility index (Phi) is 5.86. The summed E-state index contributed by atoms with van der Waals surface area (Å²) in [6.45, 7) is 0.636. The van der Waals surface area contributed by atoms with Crippen LogP contribution in [0.15, 0.2) is 54.6 Å². The maximum Gasteiger partial charge on any atom is 0.170 e. The molecule has 0 fully saturated rings. The molecule has 0 aliphatic carbocycles. The Hall–Kier alpha value is -1.98. The summed E-state index contributed by atoms with van der Waals surface area (Å²) in [4.78, 5) is 2.12. The van der Waals surface area contributed by atoms with Crippen molar-refractivity contribution < 1.29 is 4.39 Å². The third-order valence-electron chi connectivity index (χ3n) is 3.39. The molecule has 0 saturated carbocycles. The van der Waals surface area contributed by atoms with Crippen molar-refractivity contribution in [2.45, 2.75) is 6.04 Å². The van der Waals surface area contributed by atoms with Gasteiger partial charge >= 0.3 is 0 Å². The fourth-order valence-corrected chi connectivity index (χ4v) is 2.39. The largest absolute Gasteiger partial charge is 0.361 e. The minimum absolute atomic E-state index is 0.182. The lowest BCUT2D eigenvalue weighted by atomic mass is 10.1. The monoisotopic (exact) mass is 317 g/mol. The van der Waals surface area contributed by atoms with Crippen molar-refractivity contribution >= 4 is 23.0 Å². The molecule has 0 heterocycles. The Bertz CT molecular complexity index is 616. The number of thiocarbonyl (C=S) groups is 1. The van der Waals surface area contributed by atoms with Crippen LogP contribution in [-0.4, -0.2) is 30.7 Å². The van der Waals surface area contributed by atoms with Crippen molar-refractivity contribution in [1.29, 1.82) is 0 Å². The van der Waals surface area contributed by atoms with Gasteiger partial charge in [0, 0.05) is 6.54 Å². The Morgan fingerprint density at radius 3 is 2.36 bits per heavy atom. The summed E-state index contributed by atoms with van der Waals surface area (Å²) in [6.07, 6.45) is 0. The Labute approximate surface area is 136 Å². The summed E-state index contributed by atoms with van der Waals surface area (Å²) in [5.74, 6) is -0.320. The van der Waals surface area contributed by atoms with E-state index in [4.69, 9.17) is 12.2 Å². The summed E-state index contributed by atoms with van der Waals surface area (Å²) >= 11 is 5.24. The van der Waals surface area contributed by atoms with E-state index >= 15 is 0 Å². The van der Waals surface area contributed by atoms with Gasteiger partial charge in [-0.25, -0.2) is 4.39 Å². The number of benzene rings is 2. The Morgan fingerprint density at radius 2 is 1.73 bits per heavy atom. The molecule has 0 radical (unpaired) electrons. The first-order valence-corrected chi connectivity index (χ1v) is 7.49. The number of hydrogen-bond donors (Lipinski definition) is 2. The molecule has 0 bridgehead atoms. The molecule has 0 saturated heterocycles. The molecule has 2 rings (SSSR count). The zero-order valence-electron chi connectivity index (χ0n) is 12.7. The molecule has 2 aromatic carbocycles. The maximum absolute atomic E-state index is 13.6. The zero-order chi connectivity index (χ0) is 15.9. The third-order valence-corrected chi connectivity index (χ3v) is 3.63. The highest BCUT2D eigenvalue weighted by molar-refractivity contribution is 7.80. The van der Waals surface area contributed by atoms with Gasteiger partial charge < -0.3 is 15.5 Å². The second-order valence-corrected chi connectivity index (χ2v) is 5.61. The van der Waals surface area contributed by atoms with Crippen LogP contribution >= 0.6 is 12.2 Å². The van der Waals surface area contributed by atoms with Crippen LogP contribution in [0.2, 0.25) is 0 Å². The molecule has 116 valence electrons. The minimum atomic E-state index is -0.320. The molecule has 0 aromatic heterocycles. The van der Waals surface area contributed by atoms with E-state index in [-0.39, 0.29) is 11.9 Å². The average molecular weight is 317 g/mol. The van der Waals surface area contributed by atoms with Crippen molar-refractivity contribution in [2.24, 2.45) is 0 Å². The quantitative estimate of drug-likeness (QED) is 0.827. The minimum Gasteiger partial charge on any atom is -0.361 e. The number of halogens is 1. The van der Waals surface area contributed by atoms with Crippen LogP contribution in [-0.2, 0) is 0 Å². The van der Waals surface area contributed by atoms with E-state index in [1.807, 2.05) is 32.3 Å². The van der Waals surface area contributed by atoms with E-state index in [2.05, 4.69) is 27.7 Å². The molecule has 1 atom stereocenters. The first kappa shape index (κ1) is 16.4. The van der Waals surface area contributed by atoms with E-state index in [1.54, 1.807) is 18.2 Å². The van der Waals surface area contributed by atoms with E-state index in [0.717, 1.165) is 0 Å². The normalized spacial score (nSPS) is 12.0. The molecule has 0 unspecified atom stereocenters. The fourth-order valence-electron chi connectivity index (χ4n) is 2.19. The molecule has 0 spiro atoms. The van der Waals surface area contributed by atoms with Crippen LogP contribution in [0.5, 0.6) is 0 Å². The summed E-state index contributed by atoms with van der Waals surface area (Å²) in [7, 11) is 4.04. The molecule has 5 heteroatoms. The standard InChI is InChI=1S/C17H20FN3S/c1-21(2)16(13-8-4-3-5-9-13)12-19-17(22)20-15-11-7-6-10-14(15)18/h3-11,16H,12H2,1-2H3,(H2,19,20,22)/t16-/m0/s1. The van der Waals surface area contributed by atoms with Crippen molar-refractivity contribution in [3.8, 4) is 0 Å². The highest BCUT2D eigenvalue weighted by Crippen LogP contribution is 2.17. The Balaban J connectivity index is 1.95. The van der Waals surface area contributed by atoms with E-state index in [1.165, 1.54) is 11.6 Å².